The van der Waals surface area contributed by atoms with Gasteiger partial charge in [0.2, 0.25) is 0 Å². The zero-order valence-electron chi connectivity index (χ0n) is 18.7. The number of fused-ring (bicyclic) bond motifs is 1. The van der Waals surface area contributed by atoms with E-state index in [2.05, 4.69) is 48.0 Å². The van der Waals surface area contributed by atoms with E-state index in [1.165, 1.54) is 12.8 Å². The lowest BCUT2D eigenvalue weighted by Crippen LogP contribution is -2.34. The molecule has 0 spiro atoms. The second-order valence-corrected chi connectivity index (χ2v) is 9.98. The van der Waals surface area contributed by atoms with E-state index < -0.39 is 0 Å². The van der Waals surface area contributed by atoms with Crippen LogP contribution in [0.15, 0.2) is 41.2 Å². The van der Waals surface area contributed by atoms with E-state index in [0.29, 0.717) is 0 Å². The Morgan fingerprint density at radius 2 is 1.71 bits per heavy atom. The number of rotatable bonds is 3. The molecule has 1 saturated carbocycles. The lowest BCUT2D eigenvalue weighted by molar-refractivity contribution is 0.454. The molecule has 0 N–H and O–H groups in total. The predicted octanol–water partition coefficient (Wildman–Crippen LogP) is 4.94. The third kappa shape index (κ3) is 3.62. The molecule has 1 aliphatic heterocycles. The van der Waals surface area contributed by atoms with Crippen LogP contribution in [0.3, 0.4) is 0 Å². The maximum Gasteiger partial charge on any atom is 0.261 e. The molecule has 1 unspecified atom stereocenters. The van der Waals surface area contributed by atoms with Gasteiger partial charge in [0, 0.05) is 18.0 Å². The van der Waals surface area contributed by atoms with Gasteiger partial charge in [-0.2, -0.15) is 5.10 Å². The lowest BCUT2D eigenvalue weighted by atomic mass is 9.92. The highest BCUT2D eigenvalue weighted by Gasteiger charge is 2.34. The molecule has 5 rings (SSSR count). The van der Waals surface area contributed by atoms with Crippen LogP contribution in [0.5, 0.6) is 0 Å². The van der Waals surface area contributed by atoms with E-state index in [4.69, 9.17) is 4.98 Å². The van der Waals surface area contributed by atoms with Gasteiger partial charge >= 0.3 is 0 Å². The van der Waals surface area contributed by atoms with E-state index in [-0.39, 0.29) is 23.1 Å². The van der Waals surface area contributed by atoms with Crippen molar-refractivity contribution in [3.8, 4) is 0 Å². The molecule has 2 fully saturated rings. The summed E-state index contributed by atoms with van der Waals surface area (Å²) in [5.74, 6) is 1.77. The van der Waals surface area contributed by atoms with Crippen LogP contribution >= 0.6 is 0 Å². The van der Waals surface area contributed by atoms with E-state index in [9.17, 15) is 4.79 Å². The van der Waals surface area contributed by atoms with E-state index in [0.717, 1.165) is 60.5 Å². The summed E-state index contributed by atoms with van der Waals surface area (Å²) < 4.78 is 2.02. The van der Waals surface area contributed by atoms with Crippen molar-refractivity contribution in [1.82, 2.24) is 19.7 Å². The largest absolute Gasteiger partial charge is 0.345 e. The molecule has 3 heterocycles. The second kappa shape index (κ2) is 7.74. The molecule has 0 amide bonds. The first-order chi connectivity index (χ1) is 14.9. The Balaban J connectivity index is 1.60. The predicted molar refractivity (Wildman–Crippen MR) is 124 cm³/mol. The molecule has 0 radical (unpaired) electrons. The molecule has 162 valence electrons. The van der Waals surface area contributed by atoms with Crippen molar-refractivity contribution >= 4 is 16.7 Å². The molecule has 1 atom stereocenters. The molecular weight excluding hydrogens is 386 g/mol. The molecule has 2 aliphatic rings. The topological polar surface area (TPSA) is 63.9 Å². The molecular formula is C25H31N5O. The third-order valence-corrected chi connectivity index (χ3v) is 6.79. The van der Waals surface area contributed by atoms with Crippen LogP contribution in [0.4, 0.5) is 5.82 Å². The zero-order chi connectivity index (χ0) is 21.6. The summed E-state index contributed by atoms with van der Waals surface area (Å²) in [6, 6.07) is 12.2. The van der Waals surface area contributed by atoms with Crippen LogP contribution in [-0.4, -0.2) is 26.3 Å². The number of aromatic nitrogens is 4. The smallest absolute Gasteiger partial charge is 0.261 e. The minimum atomic E-state index is -0.0290. The van der Waals surface area contributed by atoms with Gasteiger partial charge in [-0.25, -0.2) is 4.98 Å². The van der Waals surface area contributed by atoms with Gasteiger partial charge in [0.05, 0.1) is 22.6 Å². The average molecular weight is 418 g/mol. The number of para-hydroxylation sites is 1. The minimum absolute atomic E-state index is 0.0290. The van der Waals surface area contributed by atoms with E-state index in [1.54, 1.807) is 0 Å². The van der Waals surface area contributed by atoms with Crippen molar-refractivity contribution in [2.45, 2.75) is 76.8 Å². The van der Waals surface area contributed by atoms with Gasteiger partial charge in [-0.1, -0.05) is 45.7 Å². The maximum absolute atomic E-state index is 13.6. The van der Waals surface area contributed by atoms with E-state index >= 15 is 0 Å². The van der Waals surface area contributed by atoms with Gasteiger partial charge in [-0.15, -0.1) is 5.10 Å². The molecule has 6 heteroatoms. The molecule has 1 saturated heterocycles. The highest BCUT2D eigenvalue weighted by atomic mass is 16.1. The third-order valence-electron chi connectivity index (χ3n) is 6.79. The quantitative estimate of drug-likeness (QED) is 0.604. The number of anilines is 1. The first-order valence-electron chi connectivity index (χ1n) is 11.6. The van der Waals surface area contributed by atoms with Crippen molar-refractivity contribution in [2.24, 2.45) is 0 Å². The summed E-state index contributed by atoms with van der Waals surface area (Å²) in [4.78, 5) is 20.9. The minimum Gasteiger partial charge on any atom is -0.345 e. The van der Waals surface area contributed by atoms with Crippen molar-refractivity contribution in [1.29, 1.82) is 0 Å². The highest BCUT2D eigenvalue weighted by Crippen LogP contribution is 2.38. The fourth-order valence-corrected chi connectivity index (χ4v) is 5.10. The van der Waals surface area contributed by atoms with Gasteiger partial charge in [-0.05, 0) is 49.9 Å². The average Bonchev–Trinajstić information content (AvgIpc) is 3.45. The van der Waals surface area contributed by atoms with Gasteiger partial charge in [-0.3, -0.25) is 9.36 Å². The normalized spacial score (nSPS) is 20.1. The molecule has 1 aromatic carbocycles. The number of hydrogen-bond acceptors (Lipinski definition) is 5. The summed E-state index contributed by atoms with van der Waals surface area (Å²) in [6.45, 7) is 7.35. The number of benzene rings is 1. The molecule has 2 aromatic heterocycles. The van der Waals surface area contributed by atoms with Gasteiger partial charge in [0.1, 0.15) is 5.82 Å². The summed E-state index contributed by atoms with van der Waals surface area (Å²) in [6.07, 6.45) is 6.50. The molecule has 31 heavy (non-hydrogen) atoms. The fraction of sp³-hybridized carbons (Fsp3) is 0.520. The Kier molecular flexibility index (Phi) is 5.03. The van der Waals surface area contributed by atoms with E-state index in [1.807, 2.05) is 28.8 Å². The fourth-order valence-electron chi connectivity index (χ4n) is 5.10. The van der Waals surface area contributed by atoms with Crippen molar-refractivity contribution < 1.29 is 0 Å². The zero-order valence-corrected chi connectivity index (χ0v) is 18.7. The van der Waals surface area contributed by atoms with Crippen molar-refractivity contribution in [3.63, 3.8) is 0 Å². The molecule has 6 nitrogen and oxygen atoms in total. The van der Waals surface area contributed by atoms with Crippen LogP contribution in [-0.2, 0) is 5.41 Å². The Hall–Kier alpha value is -2.76. The van der Waals surface area contributed by atoms with Crippen LogP contribution in [0.1, 0.15) is 82.9 Å². The standard InChI is InChI=1S/C25H31N5O/c1-25(2,3)21-14-15-22(28-27-21)29-16-8-13-20(29)23-26-19-12-7-6-11-18(19)24(31)30(23)17-9-4-5-10-17/h6-7,11-12,14-15,17,20H,4-5,8-10,13,16H2,1-3H3. The highest BCUT2D eigenvalue weighted by molar-refractivity contribution is 5.77. The lowest BCUT2D eigenvalue weighted by Gasteiger charge is -2.29. The van der Waals surface area contributed by atoms with Crippen LogP contribution in [0.2, 0.25) is 0 Å². The monoisotopic (exact) mass is 417 g/mol. The Morgan fingerprint density at radius 3 is 2.42 bits per heavy atom. The van der Waals surface area contributed by atoms with Gasteiger partial charge < -0.3 is 4.90 Å². The van der Waals surface area contributed by atoms with Crippen LogP contribution in [0, 0.1) is 0 Å². The molecule has 0 bridgehead atoms. The van der Waals surface area contributed by atoms with Gasteiger partial charge in [0.15, 0.2) is 5.82 Å². The summed E-state index contributed by atoms with van der Waals surface area (Å²) in [5.41, 5.74) is 1.85. The van der Waals surface area contributed by atoms with Gasteiger partial charge in [0.25, 0.3) is 5.56 Å². The van der Waals surface area contributed by atoms with Crippen LogP contribution in [0.25, 0.3) is 10.9 Å². The van der Waals surface area contributed by atoms with Crippen molar-refractivity contribution in [2.75, 3.05) is 11.4 Å². The summed E-state index contributed by atoms with van der Waals surface area (Å²) in [5, 5.41) is 9.80. The van der Waals surface area contributed by atoms with Crippen LogP contribution < -0.4 is 10.5 Å². The Bertz CT molecular complexity index is 1140. The number of hydrogen-bond donors (Lipinski definition) is 0. The summed E-state index contributed by atoms with van der Waals surface area (Å²) in [7, 11) is 0. The first kappa shape index (κ1) is 20.2. The Morgan fingerprint density at radius 1 is 0.935 bits per heavy atom. The maximum atomic E-state index is 13.6. The van der Waals surface area contributed by atoms with Crippen molar-refractivity contribution in [3.05, 3.63) is 58.3 Å². The second-order valence-electron chi connectivity index (χ2n) is 9.98. The molecule has 3 aromatic rings. The SMILES string of the molecule is CC(C)(C)c1ccc(N2CCCC2c2nc3ccccc3c(=O)n2C2CCCC2)nn1. The molecule has 1 aliphatic carbocycles. The first-order valence-corrected chi connectivity index (χ1v) is 11.6. The Labute approximate surface area is 183 Å². The number of nitrogens with zero attached hydrogens (tertiary/aromatic N) is 5. The summed E-state index contributed by atoms with van der Waals surface area (Å²) >= 11 is 0.